The molecular weight excluding hydrogens is 1020 g/mol. The van der Waals surface area contributed by atoms with E-state index in [1.807, 2.05) is 127 Å². The summed E-state index contributed by atoms with van der Waals surface area (Å²) in [7, 11) is 0. The minimum absolute atomic E-state index is 0.0483. The second-order valence-electron chi connectivity index (χ2n) is 17.0. The molecule has 0 radical (unpaired) electrons. The van der Waals surface area contributed by atoms with Gasteiger partial charge in [-0.15, -0.1) is 0 Å². The number of carbonyl (C=O) groups excluding carboxylic acids is 1. The molecule has 406 valence electrons. The summed E-state index contributed by atoms with van der Waals surface area (Å²) in [5, 5.41) is 50.9. The second-order valence-corrected chi connectivity index (χ2v) is 17.4. The summed E-state index contributed by atoms with van der Waals surface area (Å²) >= 11 is 5.89. The number of halogens is 1. The fourth-order valence-corrected chi connectivity index (χ4v) is 7.19. The number of carbonyl (C=O) groups is 1. The summed E-state index contributed by atoms with van der Waals surface area (Å²) in [6.45, 7) is 1.96. The highest BCUT2D eigenvalue weighted by atomic mass is 35.5. The summed E-state index contributed by atoms with van der Waals surface area (Å²) in [5.74, 6) is 1.37. The van der Waals surface area contributed by atoms with Crippen molar-refractivity contribution in [3.05, 3.63) is 290 Å². The van der Waals surface area contributed by atoms with Crippen LogP contribution in [0.25, 0.3) is 0 Å². The van der Waals surface area contributed by atoms with E-state index in [1.54, 1.807) is 30.3 Å². The average molecular weight is 1090 g/mol. The predicted molar refractivity (Wildman–Crippen MR) is 310 cm³/mol. The molecule has 0 aliphatic rings. The van der Waals surface area contributed by atoms with Crippen LogP contribution in [0.5, 0.6) is 28.7 Å². The Bertz CT molecular complexity index is 3230. The molecule has 1 amide bonds. The lowest BCUT2D eigenvalue weighted by atomic mass is 10.1. The SMILES string of the molecule is Nc1cccc(OCCc2ccccc2)c1.O=C(Nc1cccc(OCCc2ccccc2)c1)c1cc(Cl)ccc1O.O=[N+]([O-])c1cccc(O)c1.O=[N+]([O-])c1cccc(OCCc2ccccc2)c1.OCCc1ccccc1. The molecule has 0 saturated carbocycles. The van der Waals surface area contributed by atoms with Gasteiger partial charge in [0.05, 0.1) is 47.4 Å². The van der Waals surface area contributed by atoms with E-state index in [1.165, 1.54) is 70.8 Å². The van der Waals surface area contributed by atoms with Crippen LogP contribution in [0, 0.1) is 20.2 Å². The molecule has 9 rings (SSSR count). The molecule has 0 aliphatic carbocycles. The Hall–Kier alpha value is -9.70. The first kappa shape index (κ1) is 60.2. The molecule has 15 nitrogen and oxygen atoms in total. The van der Waals surface area contributed by atoms with E-state index in [9.17, 15) is 30.1 Å². The number of nitrogens with zero attached hydrogens (tertiary/aromatic N) is 2. The van der Waals surface area contributed by atoms with Crippen molar-refractivity contribution in [3.8, 4) is 28.7 Å². The van der Waals surface area contributed by atoms with Crippen LogP contribution in [-0.4, -0.2) is 57.5 Å². The minimum Gasteiger partial charge on any atom is -0.508 e. The zero-order chi connectivity index (χ0) is 56.5. The van der Waals surface area contributed by atoms with E-state index in [4.69, 9.17) is 41.8 Å². The van der Waals surface area contributed by atoms with Gasteiger partial charge in [0.1, 0.15) is 28.7 Å². The Morgan fingerprint density at radius 3 is 1.34 bits per heavy atom. The van der Waals surface area contributed by atoms with Crippen LogP contribution in [0.3, 0.4) is 0 Å². The van der Waals surface area contributed by atoms with Crippen LogP contribution < -0.4 is 25.3 Å². The fourth-order valence-electron chi connectivity index (χ4n) is 7.02. The number of aromatic hydroxyl groups is 2. The molecule has 0 spiro atoms. The number of nitro benzene ring substituents is 2. The van der Waals surface area contributed by atoms with E-state index < -0.39 is 15.8 Å². The lowest BCUT2D eigenvalue weighted by Crippen LogP contribution is -2.12. The smallest absolute Gasteiger partial charge is 0.273 e. The van der Waals surface area contributed by atoms with Crippen molar-refractivity contribution in [3.63, 3.8) is 0 Å². The van der Waals surface area contributed by atoms with Crippen molar-refractivity contribution in [1.29, 1.82) is 0 Å². The maximum Gasteiger partial charge on any atom is 0.273 e. The molecular formula is C63H61ClN4O11. The molecule has 9 aromatic carbocycles. The Morgan fingerprint density at radius 1 is 0.481 bits per heavy atom. The number of anilines is 2. The summed E-state index contributed by atoms with van der Waals surface area (Å²) in [6, 6.07) is 70.7. The van der Waals surface area contributed by atoms with Crippen LogP contribution in [0.4, 0.5) is 22.7 Å². The maximum atomic E-state index is 12.3. The molecule has 6 N–H and O–H groups in total. The van der Waals surface area contributed by atoms with Crippen molar-refractivity contribution in [2.45, 2.75) is 25.7 Å². The van der Waals surface area contributed by atoms with Gasteiger partial charge >= 0.3 is 0 Å². The highest BCUT2D eigenvalue weighted by Gasteiger charge is 2.13. The number of benzene rings is 9. The van der Waals surface area contributed by atoms with Gasteiger partial charge in [-0.25, -0.2) is 0 Å². The molecule has 0 unspecified atom stereocenters. The number of rotatable bonds is 18. The zero-order valence-corrected chi connectivity index (χ0v) is 43.9. The van der Waals surface area contributed by atoms with E-state index >= 15 is 0 Å². The second kappa shape index (κ2) is 34.1. The van der Waals surface area contributed by atoms with Crippen LogP contribution in [0.15, 0.2) is 237 Å². The topological polar surface area (TPSA) is 230 Å². The van der Waals surface area contributed by atoms with Crippen molar-refractivity contribution in [2.24, 2.45) is 0 Å². The largest absolute Gasteiger partial charge is 0.508 e. The van der Waals surface area contributed by atoms with Crippen molar-refractivity contribution in [1.82, 2.24) is 0 Å². The van der Waals surface area contributed by atoms with E-state index in [0.717, 1.165) is 43.2 Å². The average Bonchev–Trinajstić information content (AvgIpc) is 3.46. The summed E-state index contributed by atoms with van der Waals surface area (Å²) < 4.78 is 16.9. The summed E-state index contributed by atoms with van der Waals surface area (Å²) in [6.07, 6.45) is 3.26. The Morgan fingerprint density at radius 2 is 0.899 bits per heavy atom. The predicted octanol–water partition coefficient (Wildman–Crippen LogP) is 13.5. The Balaban J connectivity index is 0.000000191. The number of phenols is 2. The van der Waals surface area contributed by atoms with Crippen LogP contribution in [0.1, 0.15) is 32.6 Å². The van der Waals surface area contributed by atoms with E-state index in [-0.39, 0.29) is 35.0 Å². The number of nitro groups is 2. The number of amides is 1. The van der Waals surface area contributed by atoms with Gasteiger partial charge in [0, 0.05) is 66.5 Å². The number of nitrogen functional groups attached to an aromatic ring is 1. The van der Waals surface area contributed by atoms with Crippen molar-refractivity contribution >= 4 is 40.3 Å². The normalized spacial score (nSPS) is 9.95. The number of phenolic OH excluding ortho intramolecular Hbond substituents is 2. The summed E-state index contributed by atoms with van der Waals surface area (Å²) in [5.41, 5.74) is 11.9. The molecule has 0 saturated heterocycles. The number of aliphatic hydroxyl groups is 1. The Kier molecular flexibility index (Phi) is 25.9. The third kappa shape index (κ3) is 23.8. The highest BCUT2D eigenvalue weighted by Crippen LogP contribution is 2.25. The molecule has 0 bridgehead atoms. The van der Waals surface area contributed by atoms with Crippen LogP contribution in [-0.2, 0) is 25.7 Å². The molecule has 0 aromatic heterocycles. The molecule has 0 atom stereocenters. The Labute approximate surface area is 464 Å². The van der Waals surface area contributed by atoms with Gasteiger partial charge in [0.25, 0.3) is 17.3 Å². The molecule has 0 heterocycles. The minimum atomic E-state index is -0.556. The van der Waals surface area contributed by atoms with Gasteiger partial charge in [0.2, 0.25) is 0 Å². The molecule has 79 heavy (non-hydrogen) atoms. The number of hydrogen-bond acceptors (Lipinski definition) is 12. The maximum absolute atomic E-state index is 12.3. The van der Waals surface area contributed by atoms with Gasteiger partial charge in [-0.2, -0.15) is 0 Å². The van der Waals surface area contributed by atoms with Gasteiger partial charge in [-0.1, -0.05) is 157 Å². The van der Waals surface area contributed by atoms with Crippen LogP contribution >= 0.6 is 11.6 Å². The van der Waals surface area contributed by atoms with Gasteiger partial charge in [0.15, 0.2) is 0 Å². The number of nitrogens with one attached hydrogen (secondary N) is 1. The standard InChI is InChI=1S/C21H18ClNO3.C14H13NO3.C14H15NO.C8H10O.C6H5NO3/c22-16-9-10-20(24)19(13-16)21(25)23-17-7-4-8-18(14-17)26-12-11-15-5-2-1-3-6-15;16-15(17)13-7-4-8-14(11-13)18-10-9-12-5-2-1-3-6-12;15-13-7-4-8-14(11-13)16-10-9-12-5-2-1-3-6-12;9-7-6-8-4-2-1-3-5-8;8-6-3-1-2-5(4-6)7(9)10/h1-10,13-14,24H,11-12H2,(H,23,25);1-8,11H,9-10H2;1-8,11H,9-10,15H2;1-5,9H,6-7H2;1-4,8H. The van der Waals surface area contributed by atoms with Gasteiger partial charge in [-0.3, -0.25) is 25.0 Å². The van der Waals surface area contributed by atoms with E-state index in [0.29, 0.717) is 42.0 Å². The van der Waals surface area contributed by atoms with Crippen LogP contribution in [0.2, 0.25) is 5.02 Å². The first-order valence-corrected chi connectivity index (χ1v) is 25.3. The lowest BCUT2D eigenvalue weighted by Gasteiger charge is -2.10. The highest BCUT2D eigenvalue weighted by molar-refractivity contribution is 6.31. The first-order chi connectivity index (χ1) is 38.3. The van der Waals surface area contributed by atoms with E-state index in [2.05, 4.69) is 29.6 Å². The fraction of sp³-hybridized carbons (Fsp3) is 0.127. The van der Waals surface area contributed by atoms with Gasteiger partial charge in [-0.05, 0) is 83.3 Å². The first-order valence-electron chi connectivity index (χ1n) is 24.9. The quantitative estimate of drug-likeness (QED) is 0.0307. The number of hydrogen-bond donors (Lipinski definition) is 5. The van der Waals surface area contributed by atoms with Gasteiger partial charge < -0.3 is 40.6 Å². The number of aliphatic hydroxyl groups excluding tert-OH is 1. The molecule has 9 aromatic rings. The molecule has 0 fully saturated rings. The number of non-ortho nitro benzene ring substituents is 2. The number of nitrogens with two attached hydrogens (primary N) is 1. The third-order valence-electron chi connectivity index (χ3n) is 11.0. The monoisotopic (exact) mass is 1080 g/mol. The van der Waals surface area contributed by atoms with Crippen molar-refractivity contribution in [2.75, 3.05) is 37.5 Å². The zero-order valence-electron chi connectivity index (χ0n) is 43.1. The number of ether oxygens (including phenoxy) is 3. The summed E-state index contributed by atoms with van der Waals surface area (Å²) in [4.78, 5) is 32.0. The van der Waals surface area contributed by atoms with Crippen molar-refractivity contribution < 1.29 is 44.2 Å². The third-order valence-corrected chi connectivity index (χ3v) is 11.2. The molecule has 16 heteroatoms. The molecule has 0 aliphatic heterocycles. The lowest BCUT2D eigenvalue weighted by molar-refractivity contribution is -0.385.